The van der Waals surface area contributed by atoms with Crippen LogP contribution in [0.4, 0.5) is 15.3 Å². The highest BCUT2D eigenvalue weighted by molar-refractivity contribution is 7.18. The molecule has 4 heterocycles. The van der Waals surface area contributed by atoms with Crippen LogP contribution in [-0.2, 0) is 4.79 Å². The second-order valence-electron chi connectivity index (χ2n) is 8.34. The van der Waals surface area contributed by atoms with E-state index in [1.54, 1.807) is 29.8 Å². The number of fused-ring (bicyclic) bond motifs is 1. The molecule has 170 valence electrons. The summed E-state index contributed by atoms with van der Waals surface area (Å²) >= 11 is 3.14. The summed E-state index contributed by atoms with van der Waals surface area (Å²) in [6.45, 7) is 7.74. The quantitative estimate of drug-likeness (QED) is 0.403. The fourth-order valence-corrected chi connectivity index (χ4v) is 6.12. The van der Waals surface area contributed by atoms with Gasteiger partial charge in [0, 0.05) is 34.3 Å². The van der Waals surface area contributed by atoms with E-state index in [-0.39, 0.29) is 17.6 Å². The molecular formula is C24H24FN5OS2. The van der Waals surface area contributed by atoms with Crippen LogP contribution in [0, 0.1) is 32.5 Å². The minimum Gasteiger partial charge on any atom is -0.356 e. The third kappa shape index (κ3) is 4.22. The monoisotopic (exact) mass is 481 g/mol. The zero-order valence-corrected chi connectivity index (χ0v) is 20.3. The number of halogens is 1. The predicted molar refractivity (Wildman–Crippen MR) is 133 cm³/mol. The van der Waals surface area contributed by atoms with Gasteiger partial charge in [-0.15, -0.1) is 22.7 Å². The Kier molecular flexibility index (Phi) is 5.84. The minimum atomic E-state index is -0.279. The highest BCUT2D eigenvalue weighted by Crippen LogP contribution is 2.36. The van der Waals surface area contributed by atoms with E-state index in [4.69, 9.17) is 0 Å². The summed E-state index contributed by atoms with van der Waals surface area (Å²) in [5.41, 5.74) is 2.86. The molecule has 3 aromatic heterocycles. The number of anilines is 2. The molecule has 1 saturated heterocycles. The van der Waals surface area contributed by atoms with Gasteiger partial charge in [-0.3, -0.25) is 4.79 Å². The number of nitrogens with zero attached hydrogens (tertiary/aromatic N) is 4. The van der Waals surface area contributed by atoms with Crippen molar-refractivity contribution in [2.75, 3.05) is 23.3 Å². The second-order valence-corrected chi connectivity index (χ2v) is 10.7. The van der Waals surface area contributed by atoms with Crippen LogP contribution in [0.2, 0.25) is 0 Å². The van der Waals surface area contributed by atoms with E-state index in [0.29, 0.717) is 5.13 Å². The van der Waals surface area contributed by atoms with Crippen LogP contribution < -0.4 is 10.2 Å². The Morgan fingerprint density at radius 3 is 2.52 bits per heavy atom. The van der Waals surface area contributed by atoms with Gasteiger partial charge in [-0.05, 0) is 63.4 Å². The molecule has 0 bridgehead atoms. The van der Waals surface area contributed by atoms with Gasteiger partial charge in [0.25, 0.3) is 0 Å². The van der Waals surface area contributed by atoms with Crippen molar-refractivity contribution in [3.05, 3.63) is 51.7 Å². The lowest BCUT2D eigenvalue weighted by atomic mass is 9.96. The number of hydrogen-bond donors (Lipinski definition) is 1. The van der Waals surface area contributed by atoms with Gasteiger partial charge in [0.2, 0.25) is 5.91 Å². The molecule has 1 aliphatic heterocycles. The van der Waals surface area contributed by atoms with Crippen molar-refractivity contribution in [1.29, 1.82) is 0 Å². The Labute approximate surface area is 199 Å². The molecule has 0 spiro atoms. The van der Waals surface area contributed by atoms with Crippen LogP contribution in [0.3, 0.4) is 0 Å². The number of piperidine rings is 1. The molecule has 4 aromatic rings. The maximum Gasteiger partial charge on any atom is 0.229 e. The number of thiazole rings is 1. The number of benzene rings is 1. The molecule has 0 atom stereocenters. The fraction of sp³-hybridized carbons (Fsp3) is 0.333. The molecule has 33 heavy (non-hydrogen) atoms. The molecule has 0 saturated carbocycles. The van der Waals surface area contributed by atoms with Crippen LogP contribution in [0.15, 0.2) is 30.6 Å². The average Bonchev–Trinajstić information content (AvgIpc) is 3.32. The van der Waals surface area contributed by atoms with Crippen molar-refractivity contribution in [3.8, 4) is 11.3 Å². The van der Waals surface area contributed by atoms with Crippen molar-refractivity contribution in [2.24, 2.45) is 5.92 Å². The molecule has 9 heteroatoms. The highest BCUT2D eigenvalue weighted by Gasteiger charge is 2.28. The number of hydrogen-bond acceptors (Lipinski definition) is 7. The molecule has 1 amide bonds. The first-order chi connectivity index (χ1) is 15.9. The van der Waals surface area contributed by atoms with E-state index in [9.17, 15) is 9.18 Å². The summed E-state index contributed by atoms with van der Waals surface area (Å²) in [5.74, 6) is 0.630. The van der Waals surface area contributed by atoms with Gasteiger partial charge in [-0.25, -0.2) is 19.3 Å². The summed E-state index contributed by atoms with van der Waals surface area (Å²) in [6.07, 6.45) is 3.15. The molecule has 1 fully saturated rings. The number of amides is 1. The van der Waals surface area contributed by atoms with Crippen molar-refractivity contribution in [3.63, 3.8) is 0 Å². The predicted octanol–water partition coefficient (Wildman–Crippen LogP) is 5.73. The molecule has 0 radical (unpaired) electrons. The Morgan fingerprint density at radius 2 is 1.79 bits per heavy atom. The Balaban J connectivity index is 1.26. The maximum absolute atomic E-state index is 13.2. The molecule has 5 rings (SSSR count). The van der Waals surface area contributed by atoms with E-state index in [1.807, 2.05) is 6.92 Å². The lowest BCUT2D eigenvalue weighted by Crippen LogP contribution is -2.38. The Morgan fingerprint density at radius 1 is 1.06 bits per heavy atom. The van der Waals surface area contributed by atoms with Crippen LogP contribution in [0.5, 0.6) is 0 Å². The number of rotatable bonds is 4. The first kappa shape index (κ1) is 21.9. The fourth-order valence-electron chi connectivity index (χ4n) is 4.29. The standard InChI is InChI=1S/C24H24FN5OS2/c1-13-14(2)32-23-19(13)21(26-12-27-23)30-10-8-17(9-11-30)22(31)29-24-28-20(15(3)33-24)16-4-6-18(25)7-5-16/h4-7,12,17H,8-11H2,1-3H3,(H,28,29,31). The SMILES string of the molecule is Cc1sc(NC(=O)C2CCN(c3ncnc4sc(C)c(C)c34)CC2)nc1-c1ccc(F)cc1. The molecule has 1 N–H and O–H groups in total. The number of aromatic nitrogens is 3. The van der Waals surface area contributed by atoms with E-state index >= 15 is 0 Å². The zero-order chi connectivity index (χ0) is 23.1. The van der Waals surface area contributed by atoms with Crippen LogP contribution in [0.25, 0.3) is 21.5 Å². The second kappa shape index (κ2) is 8.79. The number of nitrogens with one attached hydrogen (secondary N) is 1. The van der Waals surface area contributed by atoms with Crippen molar-refractivity contribution < 1.29 is 9.18 Å². The third-order valence-corrected chi connectivity index (χ3v) is 8.26. The van der Waals surface area contributed by atoms with E-state index in [1.165, 1.54) is 33.9 Å². The van der Waals surface area contributed by atoms with Crippen molar-refractivity contribution >= 4 is 49.7 Å². The zero-order valence-electron chi connectivity index (χ0n) is 18.7. The summed E-state index contributed by atoms with van der Waals surface area (Å²) in [6, 6.07) is 6.26. The number of carbonyl (C=O) groups excluding carboxylic acids is 1. The minimum absolute atomic E-state index is 0.00412. The lowest BCUT2D eigenvalue weighted by Gasteiger charge is -2.32. The van der Waals surface area contributed by atoms with E-state index < -0.39 is 0 Å². The van der Waals surface area contributed by atoms with E-state index in [2.05, 4.69) is 39.0 Å². The third-order valence-electron chi connectivity index (χ3n) is 6.26. The van der Waals surface area contributed by atoms with Gasteiger partial charge in [-0.1, -0.05) is 0 Å². The Hall–Kier alpha value is -2.91. The normalized spacial score (nSPS) is 14.7. The van der Waals surface area contributed by atoms with Gasteiger partial charge in [-0.2, -0.15) is 0 Å². The van der Waals surface area contributed by atoms with Gasteiger partial charge in [0.1, 0.15) is 22.8 Å². The molecule has 1 aromatic carbocycles. The largest absolute Gasteiger partial charge is 0.356 e. The highest BCUT2D eigenvalue weighted by atomic mass is 32.1. The van der Waals surface area contributed by atoms with Gasteiger partial charge in [0.05, 0.1) is 11.1 Å². The first-order valence-electron chi connectivity index (χ1n) is 10.9. The molecule has 6 nitrogen and oxygen atoms in total. The van der Waals surface area contributed by atoms with Gasteiger partial charge in [0.15, 0.2) is 5.13 Å². The van der Waals surface area contributed by atoms with Gasteiger partial charge >= 0.3 is 0 Å². The number of aryl methyl sites for hydroxylation is 3. The molecule has 0 aliphatic carbocycles. The topological polar surface area (TPSA) is 71.0 Å². The molecular weight excluding hydrogens is 457 g/mol. The maximum atomic E-state index is 13.2. The van der Waals surface area contributed by atoms with Gasteiger partial charge < -0.3 is 10.2 Å². The summed E-state index contributed by atoms with van der Waals surface area (Å²) in [5, 5.41) is 4.72. The first-order valence-corrected chi connectivity index (χ1v) is 12.5. The van der Waals surface area contributed by atoms with Crippen LogP contribution in [-0.4, -0.2) is 33.9 Å². The average molecular weight is 482 g/mol. The van der Waals surface area contributed by atoms with Crippen LogP contribution in [0.1, 0.15) is 28.2 Å². The van der Waals surface area contributed by atoms with E-state index in [0.717, 1.165) is 58.1 Å². The molecule has 0 unspecified atom stereocenters. The summed E-state index contributed by atoms with van der Waals surface area (Å²) in [4.78, 5) is 32.1. The Bertz CT molecular complexity index is 1320. The van der Waals surface area contributed by atoms with Crippen molar-refractivity contribution in [2.45, 2.75) is 33.6 Å². The summed E-state index contributed by atoms with van der Waals surface area (Å²) < 4.78 is 13.2. The lowest BCUT2D eigenvalue weighted by molar-refractivity contribution is -0.120. The molecule has 1 aliphatic rings. The smallest absolute Gasteiger partial charge is 0.229 e. The summed E-state index contributed by atoms with van der Waals surface area (Å²) in [7, 11) is 0. The number of carbonyl (C=O) groups is 1. The number of thiophene rings is 1. The van der Waals surface area contributed by atoms with Crippen LogP contribution >= 0.6 is 22.7 Å². The van der Waals surface area contributed by atoms with Crippen molar-refractivity contribution in [1.82, 2.24) is 15.0 Å².